The van der Waals surface area contributed by atoms with Crippen LogP contribution >= 0.6 is 19.2 Å². The van der Waals surface area contributed by atoms with Gasteiger partial charge in [-0.15, -0.1) is 0 Å². The molecule has 6 nitrogen and oxygen atoms in total. The zero-order chi connectivity index (χ0) is 18.9. The van der Waals surface area contributed by atoms with Gasteiger partial charge in [-0.2, -0.15) is 0 Å². The first-order valence-corrected chi connectivity index (χ1v) is 9.34. The van der Waals surface area contributed by atoms with E-state index in [1.165, 1.54) is 29.3 Å². The van der Waals surface area contributed by atoms with Gasteiger partial charge in [0.2, 0.25) is 0 Å². The number of carbonyl (C=O) groups excluding carboxylic acids is 1. The Kier molecular flexibility index (Phi) is 4.98. The predicted octanol–water partition coefficient (Wildman–Crippen LogP) is 3.43. The molecule has 1 aliphatic heterocycles. The number of allylic oxidation sites excluding steroid dienone is 2. The summed E-state index contributed by atoms with van der Waals surface area (Å²) >= 11 is 5.89. The molecule has 0 aromatic heterocycles. The molecule has 0 aliphatic carbocycles. The zero-order valence-corrected chi connectivity index (χ0v) is 14.8. The van der Waals surface area contributed by atoms with Crippen LogP contribution in [-0.2, 0) is 9.36 Å². The first kappa shape index (κ1) is 18.4. The van der Waals surface area contributed by atoms with E-state index in [0.29, 0.717) is 21.8 Å². The van der Waals surface area contributed by atoms with Crippen LogP contribution < -0.4 is 10.4 Å². The van der Waals surface area contributed by atoms with Crippen molar-refractivity contribution in [3.05, 3.63) is 82.9 Å². The Labute approximate surface area is 153 Å². The molecule has 26 heavy (non-hydrogen) atoms. The Morgan fingerprint density at radius 3 is 2.31 bits per heavy atom. The lowest BCUT2D eigenvalue weighted by atomic mass is 10.0. The maximum atomic E-state index is 13.1. The average molecular weight is 395 g/mol. The van der Waals surface area contributed by atoms with Gasteiger partial charge in [0.1, 0.15) is 5.82 Å². The van der Waals surface area contributed by atoms with Gasteiger partial charge in [-0.1, -0.05) is 23.7 Å². The van der Waals surface area contributed by atoms with E-state index in [4.69, 9.17) is 21.4 Å². The van der Waals surface area contributed by atoms with Crippen LogP contribution in [0.25, 0.3) is 5.57 Å². The third-order valence-corrected chi connectivity index (χ3v) is 4.56. The molecule has 2 aromatic carbocycles. The topological polar surface area (TPSA) is 89.9 Å². The molecule has 9 heteroatoms. The highest BCUT2D eigenvalue weighted by atomic mass is 35.5. The molecule has 0 bridgehead atoms. The van der Waals surface area contributed by atoms with Crippen molar-refractivity contribution < 1.29 is 23.5 Å². The van der Waals surface area contributed by atoms with Crippen molar-refractivity contribution in [2.45, 2.75) is 0 Å². The van der Waals surface area contributed by atoms with E-state index in [-0.39, 0.29) is 5.70 Å². The SMILES string of the molecule is O=C(/C=C1/NN(c2ccc(F)cc2)C=C1c1ccc(Cl)cc1)P(=O)(O)O. The maximum Gasteiger partial charge on any atom is 0.395 e. The van der Waals surface area contributed by atoms with Crippen LogP contribution in [0.3, 0.4) is 0 Å². The number of hydrazine groups is 1. The van der Waals surface area contributed by atoms with Crippen LogP contribution in [0.1, 0.15) is 5.56 Å². The molecule has 0 spiro atoms. The Morgan fingerprint density at radius 1 is 1.12 bits per heavy atom. The monoisotopic (exact) mass is 394 g/mol. The number of anilines is 1. The summed E-state index contributed by atoms with van der Waals surface area (Å²) in [5.74, 6) is -0.401. The number of nitrogens with zero attached hydrogens (tertiary/aromatic N) is 1. The lowest BCUT2D eigenvalue weighted by Crippen LogP contribution is -2.27. The molecule has 0 unspecified atom stereocenters. The summed E-state index contributed by atoms with van der Waals surface area (Å²) in [5.41, 5.74) is 3.53. The molecule has 0 radical (unpaired) electrons. The van der Waals surface area contributed by atoms with Crippen molar-refractivity contribution in [1.82, 2.24) is 5.43 Å². The highest BCUT2D eigenvalue weighted by Crippen LogP contribution is 2.38. The highest BCUT2D eigenvalue weighted by Gasteiger charge is 2.27. The molecule has 0 saturated heterocycles. The van der Waals surface area contributed by atoms with Crippen LogP contribution in [0, 0.1) is 5.82 Å². The molecule has 1 heterocycles. The summed E-state index contributed by atoms with van der Waals surface area (Å²) in [6.07, 6.45) is 2.49. The Hall–Kier alpha value is -2.44. The second kappa shape index (κ2) is 7.05. The van der Waals surface area contributed by atoms with Gasteiger partial charge in [-0.05, 0) is 42.0 Å². The minimum Gasteiger partial charge on any atom is -0.319 e. The van der Waals surface area contributed by atoms with Gasteiger partial charge in [-0.3, -0.25) is 19.8 Å². The fourth-order valence-corrected chi connectivity index (χ4v) is 2.76. The van der Waals surface area contributed by atoms with Crippen molar-refractivity contribution in [3.8, 4) is 0 Å². The van der Waals surface area contributed by atoms with Gasteiger partial charge in [0.25, 0.3) is 5.52 Å². The quantitative estimate of drug-likeness (QED) is 0.544. The maximum absolute atomic E-state index is 13.1. The Balaban J connectivity index is 2.03. The van der Waals surface area contributed by atoms with E-state index in [1.807, 2.05) is 0 Å². The van der Waals surface area contributed by atoms with Gasteiger partial charge in [0.15, 0.2) is 0 Å². The number of halogens is 2. The molecule has 3 rings (SSSR count). The molecule has 3 N–H and O–H groups in total. The minimum atomic E-state index is -4.91. The van der Waals surface area contributed by atoms with E-state index in [0.717, 1.165) is 6.08 Å². The number of nitrogens with one attached hydrogen (secondary N) is 1. The van der Waals surface area contributed by atoms with Crippen LogP contribution in [0.5, 0.6) is 0 Å². The molecule has 1 aliphatic rings. The number of rotatable bonds is 4. The smallest absolute Gasteiger partial charge is 0.319 e. The second-order valence-electron chi connectivity index (χ2n) is 5.45. The standard InChI is InChI=1S/C17H13ClFN2O4P/c18-12-3-1-11(2-4-12)15-10-21(14-7-5-13(19)6-8-14)20-16(15)9-17(22)26(23,24)25/h1-10,20H,(H2,23,24,25)/b16-9+. The average Bonchev–Trinajstić information content (AvgIpc) is 2.99. The van der Waals surface area contributed by atoms with Crippen molar-refractivity contribution in [2.75, 3.05) is 5.01 Å². The number of hydrogen-bond donors (Lipinski definition) is 3. The van der Waals surface area contributed by atoms with Crippen molar-refractivity contribution in [1.29, 1.82) is 0 Å². The van der Waals surface area contributed by atoms with Gasteiger partial charge < -0.3 is 9.79 Å². The van der Waals surface area contributed by atoms with Gasteiger partial charge in [-0.25, -0.2) is 4.39 Å². The zero-order valence-electron chi connectivity index (χ0n) is 13.1. The van der Waals surface area contributed by atoms with E-state index >= 15 is 0 Å². The third kappa shape index (κ3) is 4.03. The third-order valence-electron chi connectivity index (χ3n) is 3.60. The van der Waals surface area contributed by atoms with Crippen LogP contribution in [0.15, 0.2) is 66.5 Å². The lowest BCUT2D eigenvalue weighted by Gasteiger charge is -2.17. The fraction of sp³-hybridized carbons (Fsp3) is 0. The fourth-order valence-electron chi connectivity index (χ4n) is 2.34. The van der Waals surface area contributed by atoms with Crippen LogP contribution in [0.2, 0.25) is 5.02 Å². The van der Waals surface area contributed by atoms with Crippen molar-refractivity contribution in [3.63, 3.8) is 0 Å². The highest BCUT2D eigenvalue weighted by molar-refractivity contribution is 7.70. The molecule has 0 atom stereocenters. The predicted molar refractivity (Wildman–Crippen MR) is 96.6 cm³/mol. The molecule has 134 valence electrons. The number of hydrogen-bond acceptors (Lipinski definition) is 4. The summed E-state index contributed by atoms with van der Waals surface area (Å²) in [4.78, 5) is 29.8. The van der Waals surface area contributed by atoms with E-state index in [9.17, 15) is 13.8 Å². The molecule has 2 aromatic rings. The van der Waals surface area contributed by atoms with E-state index in [2.05, 4.69) is 5.43 Å². The van der Waals surface area contributed by atoms with Crippen LogP contribution in [0.4, 0.5) is 10.1 Å². The second-order valence-corrected chi connectivity index (χ2v) is 7.41. The van der Waals surface area contributed by atoms with Gasteiger partial charge >= 0.3 is 7.60 Å². The van der Waals surface area contributed by atoms with Crippen molar-refractivity contribution >= 4 is 36.0 Å². The Bertz CT molecular complexity index is 952. The van der Waals surface area contributed by atoms with Gasteiger partial charge in [0, 0.05) is 22.9 Å². The first-order valence-electron chi connectivity index (χ1n) is 7.35. The first-order chi connectivity index (χ1) is 12.2. The molecular weight excluding hydrogens is 382 g/mol. The summed E-state index contributed by atoms with van der Waals surface area (Å²) in [5, 5.41) is 2.04. The summed E-state index contributed by atoms with van der Waals surface area (Å²) < 4.78 is 24.3. The molecule has 0 amide bonds. The summed E-state index contributed by atoms with van der Waals surface area (Å²) in [7, 11) is -4.91. The largest absolute Gasteiger partial charge is 0.395 e. The summed E-state index contributed by atoms with van der Waals surface area (Å²) in [6.45, 7) is 0. The van der Waals surface area contributed by atoms with Crippen LogP contribution in [-0.4, -0.2) is 15.3 Å². The van der Waals surface area contributed by atoms with E-state index in [1.54, 1.807) is 30.5 Å². The molecular formula is C17H13ClFN2O4P. The van der Waals surface area contributed by atoms with Crippen molar-refractivity contribution in [2.24, 2.45) is 0 Å². The number of carbonyl (C=O) groups is 1. The molecule has 0 saturated carbocycles. The summed E-state index contributed by atoms with van der Waals surface area (Å²) in [6, 6.07) is 12.3. The normalized spacial score (nSPS) is 15.8. The minimum absolute atomic E-state index is 0.199. The number of benzene rings is 2. The molecule has 0 fully saturated rings. The van der Waals surface area contributed by atoms with Gasteiger partial charge in [0.05, 0.1) is 11.4 Å². The lowest BCUT2D eigenvalue weighted by molar-refractivity contribution is -0.109. The Morgan fingerprint density at radius 2 is 1.73 bits per heavy atom. The van der Waals surface area contributed by atoms with E-state index < -0.39 is 18.9 Å².